The van der Waals surface area contributed by atoms with E-state index in [1.165, 1.54) is 24.3 Å². The van der Waals surface area contributed by atoms with E-state index in [2.05, 4.69) is 16.0 Å². The van der Waals surface area contributed by atoms with Crippen LogP contribution < -0.4 is 21.7 Å². The van der Waals surface area contributed by atoms with Crippen molar-refractivity contribution in [1.82, 2.24) is 16.0 Å². The molecule has 2 aromatic carbocycles. The zero-order valence-corrected chi connectivity index (χ0v) is 21.8. The molecule has 0 aliphatic heterocycles. The molecule has 2 rings (SSSR count). The Hall–Kier alpha value is -4.16. The van der Waals surface area contributed by atoms with Gasteiger partial charge in [0.05, 0.1) is 6.61 Å². The minimum absolute atomic E-state index is 0.00314. The minimum atomic E-state index is -1.29. The molecular formula is C27H36N4O8. The van der Waals surface area contributed by atoms with Gasteiger partial charge in [0.25, 0.3) is 0 Å². The predicted octanol–water partition coefficient (Wildman–Crippen LogP) is -0.212. The summed E-state index contributed by atoms with van der Waals surface area (Å²) in [6, 6.07) is 6.92. The number of carboxylic acids is 1. The molecular weight excluding hydrogens is 508 g/mol. The van der Waals surface area contributed by atoms with Crippen LogP contribution >= 0.6 is 0 Å². The number of aromatic hydroxyl groups is 2. The number of phenolic OH excluding ortho intramolecular Hbond substituents is 2. The van der Waals surface area contributed by atoms with E-state index in [1.807, 2.05) is 0 Å². The zero-order chi connectivity index (χ0) is 29.1. The number of aliphatic hydroxyl groups is 1. The highest BCUT2D eigenvalue weighted by molar-refractivity contribution is 5.94. The molecule has 3 amide bonds. The molecule has 5 unspecified atom stereocenters. The standard InChI is InChI=1S/C27H36N4O8/c1-3-15(2)23(27(38)39)31-26(37)22(13-17-6-10-19(34)11-7-17)30-25(36)21(29-24(35)20(28)14-32)12-16-4-8-18(33)9-5-16/h4-11,15,20-23,32-34H,3,12-14,28H2,1-2H3,(H,29,35)(H,30,36)(H,31,37)(H,38,39). The summed E-state index contributed by atoms with van der Waals surface area (Å²) in [6.07, 6.45) is 0.410. The average molecular weight is 545 g/mol. The van der Waals surface area contributed by atoms with Crippen molar-refractivity contribution < 1.29 is 39.6 Å². The van der Waals surface area contributed by atoms with Crippen molar-refractivity contribution in [2.24, 2.45) is 11.7 Å². The van der Waals surface area contributed by atoms with Crippen molar-refractivity contribution in [3.05, 3.63) is 59.7 Å². The lowest BCUT2D eigenvalue weighted by Gasteiger charge is -2.26. The first-order valence-electron chi connectivity index (χ1n) is 12.5. The lowest BCUT2D eigenvalue weighted by atomic mass is 9.97. The Morgan fingerprint density at radius 1 is 0.769 bits per heavy atom. The fraction of sp³-hybridized carbons (Fsp3) is 0.407. The molecule has 212 valence electrons. The first-order chi connectivity index (χ1) is 18.4. The van der Waals surface area contributed by atoms with Crippen molar-refractivity contribution >= 4 is 23.7 Å². The fourth-order valence-corrected chi connectivity index (χ4v) is 3.72. The summed E-state index contributed by atoms with van der Waals surface area (Å²) >= 11 is 0. The minimum Gasteiger partial charge on any atom is -0.508 e. The van der Waals surface area contributed by atoms with Crippen LogP contribution in [0.1, 0.15) is 31.4 Å². The monoisotopic (exact) mass is 544 g/mol. The molecule has 5 atom stereocenters. The summed E-state index contributed by atoms with van der Waals surface area (Å²) < 4.78 is 0. The van der Waals surface area contributed by atoms with Crippen LogP contribution in [0.5, 0.6) is 11.5 Å². The van der Waals surface area contributed by atoms with Gasteiger partial charge in [0.1, 0.15) is 35.7 Å². The number of carbonyl (C=O) groups excluding carboxylic acids is 3. The van der Waals surface area contributed by atoms with E-state index in [9.17, 15) is 39.6 Å². The van der Waals surface area contributed by atoms with Crippen LogP contribution in [0.4, 0.5) is 0 Å². The van der Waals surface area contributed by atoms with Gasteiger partial charge in [-0.3, -0.25) is 14.4 Å². The van der Waals surface area contributed by atoms with Gasteiger partial charge in [-0.15, -0.1) is 0 Å². The third kappa shape index (κ3) is 9.58. The van der Waals surface area contributed by atoms with Gasteiger partial charge in [0, 0.05) is 12.8 Å². The van der Waals surface area contributed by atoms with E-state index in [0.29, 0.717) is 17.5 Å². The zero-order valence-electron chi connectivity index (χ0n) is 21.8. The van der Waals surface area contributed by atoms with E-state index in [4.69, 9.17) is 5.73 Å². The molecule has 0 aromatic heterocycles. The number of carboxylic acid groups (broad SMARTS) is 1. The predicted molar refractivity (Wildman–Crippen MR) is 142 cm³/mol. The highest BCUT2D eigenvalue weighted by Gasteiger charge is 2.32. The number of nitrogens with two attached hydrogens (primary N) is 1. The Morgan fingerprint density at radius 3 is 1.56 bits per heavy atom. The number of hydrogen-bond acceptors (Lipinski definition) is 8. The Balaban J connectivity index is 2.34. The molecule has 0 aliphatic carbocycles. The van der Waals surface area contributed by atoms with Crippen molar-refractivity contribution in [3.8, 4) is 11.5 Å². The number of amides is 3. The molecule has 12 nitrogen and oxygen atoms in total. The molecule has 9 N–H and O–H groups in total. The highest BCUT2D eigenvalue weighted by Crippen LogP contribution is 2.15. The number of aliphatic carboxylic acids is 1. The van der Waals surface area contributed by atoms with Crippen LogP contribution in [0.15, 0.2) is 48.5 Å². The third-order valence-corrected chi connectivity index (χ3v) is 6.33. The van der Waals surface area contributed by atoms with Crippen molar-refractivity contribution in [2.45, 2.75) is 57.3 Å². The van der Waals surface area contributed by atoms with Crippen LogP contribution in [0.2, 0.25) is 0 Å². The number of aliphatic hydroxyl groups excluding tert-OH is 1. The Morgan fingerprint density at radius 2 is 1.18 bits per heavy atom. The lowest BCUT2D eigenvalue weighted by Crippen LogP contribution is -2.59. The quantitative estimate of drug-likeness (QED) is 0.158. The van der Waals surface area contributed by atoms with Crippen LogP contribution in [-0.2, 0) is 32.0 Å². The Labute approximate surface area is 226 Å². The summed E-state index contributed by atoms with van der Waals surface area (Å²) in [4.78, 5) is 50.9. The molecule has 0 radical (unpaired) electrons. The van der Waals surface area contributed by atoms with Gasteiger partial charge in [-0.25, -0.2) is 4.79 Å². The molecule has 0 spiro atoms. The number of benzene rings is 2. The summed E-state index contributed by atoms with van der Waals surface area (Å²) in [5.74, 6) is -3.89. The number of carbonyl (C=O) groups is 4. The molecule has 0 fully saturated rings. The maximum Gasteiger partial charge on any atom is 0.326 e. The van der Waals surface area contributed by atoms with Crippen LogP contribution in [0.25, 0.3) is 0 Å². The smallest absolute Gasteiger partial charge is 0.326 e. The molecule has 0 saturated heterocycles. The van der Waals surface area contributed by atoms with Gasteiger partial charge >= 0.3 is 5.97 Å². The maximum atomic E-state index is 13.4. The van der Waals surface area contributed by atoms with Crippen LogP contribution in [0, 0.1) is 5.92 Å². The molecule has 2 aromatic rings. The highest BCUT2D eigenvalue weighted by atomic mass is 16.4. The number of nitrogens with one attached hydrogen (secondary N) is 3. The van der Waals surface area contributed by atoms with Crippen molar-refractivity contribution in [2.75, 3.05) is 6.61 Å². The fourth-order valence-electron chi connectivity index (χ4n) is 3.72. The van der Waals surface area contributed by atoms with E-state index in [-0.39, 0.29) is 24.3 Å². The molecule has 39 heavy (non-hydrogen) atoms. The van der Waals surface area contributed by atoms with Gasteiger partial charge in [-0.05, 0) is 41.3 Å². The van der Waals surface area contributed by atoms with Crippen molar-refractivity contribution in [3.63, 3.8) is 0 Å². The Bertz CT molecular complexity index is 1120. The first kappa shape index (κ1) is 31.1. The molecule has 0 saturated carbocycles. The normalized spacial score (nSPS) is 14.8. The summed E-state index contributed by atoms with van der Waals surface area (Å²) in [6.45, 7) is 2.81. The molecule has 12 heteroatoms. The van der Waals surface area contributed by atoms with Gasteiger partial charge in [-0.1, -0.05) is 44.5 Å². The van der Waals surface area contributed by atoms with Crippen molar-refractivity contribution in [1.29, 1.82) is 0 Å². The second kappa shape index (κ2) is 14.7. The Kier molecular flexibility index (Phi) is 11.7. The summed E-state index contributed by atoms with van der Waals surface area (Å²) in [5, 5.41) is 45.6. The largest absolute Gasteiger partial charge is 0.508 e. The van der Waals surface area contributed by atoms with Gasteiger partial charge in [0.15, 0.2) is 0 Å². The molecule has 0 aliphatic rings. The maximum absolute atomic E-state index is 13.4. The van der Waals surface area contributed by atoms with E-state index >= 15 is 0 Å². The summed E-state index contributed by atoms with van der Waals surface area (Å²) in [5.41, 5.74) is 6.75. The SMILES string of the molecule is CCC(C)C(NC(=O)C(Cc1ccc(O)cc1)NC(=O)C(Cc1ccc(O)cc1)NC(=O)C(N)CO)C(=O)O. The second-order valence-corrected chi connectivity index (χ2v) is 9.36. The molecule has 0 bridgehead atoms. The summed E-state index contributed by atoms with van der Waals surface area (Å²) in [7, 11) is 0. The van der Waals surface area contributed by atoms with Gasteiger partial charge in [0.2, 0.25) is 17.7 Å². The van der Waals surface area contributed by atoms with Gasteiger partial charge < -0.3 is 42.1 Å². The van der Waals surface area contributed by atoms with Gasteiger partial charge in [-0.2, -0.15) is 0 Å². The topological polar surface area (TPSA) is 211 Å². The lowest BCUT2D eigenvalue weighted by molar-refractivity contribution is -0.143. The number of rotatable bonds is 14. The van der Waals surface area contributed by atoms with Crippen LogP contribution in [-0.4, -0.2) is 74.9 Å². The third-order valence-electron chi connectivity index (χ3n) is 6.33. The van der Waals surface area contributed by atoms with Crippen LogP contribution in [0.3, 0.4) is 0 Å². The van der Waals surface area contributed by atoms with E-state index in [0.717, 1.165) is 0 Å². The van der Waals surface area contributed by atoms with E-state index < -0.39 is 60.4 Å². The average Bonchev–Trinajstić information content (AvgIpc) is 2.91. The number of hydrogen-bond donors (Lipinski definition) is 8. The van der Waals surface area contributed by atoms with E-state index in [1.54, 1.807) is 38.1 Å². The second-order valence-electron chi connectivity index (χ2n) is 9.36. The molecule has 0 heterocycles. The first-order valence-corrected chi connectivity index (χ1v) is 12.5. The number of phenols is 2.